The molecule has 1 amide bonds. The summed E-state index contributed by atoms with van der Waals surface area (Å²) in [5.41, 5.74) is 4.95. The van der Waals surface area contributed by atoms with Crippen LogP contribution in [0.1, 0.15) is 12.0 Å². The third-order valence-corrected chi connectivity index (χ3v) is 5.40. The lowest BCUT2D eigenvalue weighted by Gasteiger charge is -2.32. The summed E-state index contributed by atoms with van der Waals surface area (Å²) < 4.78 is 0. The number of amides is 1. The van der Waals surface area contributed by atoms with Gasteiger partial charge >= 0.3 is 0 Å². The molecule has 148 valence electrons. The molecule has 1 fully saturated rings. The zero-order chi connectivity index (χ0) is 20.7. The molecule has 0 radical (unpaired) electrons. The topological polar surface area (TPSA) is 99.9 Å². The van der Waals surface area contributed by atoms with E-state index in [1.54, 1.807) is 23.1 Å². The lowest BCUT2D eigenvalue weighted by molar-refractivity contribution is -0.384. The molecule has 3 aromatic rings. The van der Waals surface area contributed by atoms with Crippen molar-refractivity contribution >= 4 is 34.4 Å². The normalized spacial score (nSPS) is 20.6. The molecule has 2 aliphatic heterocycles. The number of anilines is 3. The van der Waals surface area contributed by atoms with Crippen molar-refractivity contribution in [1.29, 1.82) is 0 Å². The number of nitrogens with zero attached hydrogens (tertiary/aromatic N) is 3. The Morgan fingerprint density at radius 2 is 1.70 bits per heavy atom. The van der Waals surface area contributed by atoms with Crippen molar-refractivity contribution < 1.29 is 9.72 Å². The average Bonchev–Trinajstić information content (AvgIpc) is 3.25. The van der Waals surface area contributed by atoms with E-state index in [4.69, 9.17) is 0 Å². The zero-order valence-electron chi connectivity index (χ0n) is 15.8. The van der Waals surface area contributed by atoms with Crippen LogP contribution in [0.2, 0.25) is 0 Å². The number of carbonyl (C=O) groups is 1. The van der Waals surface area contributed by atoms with Crippen molar-refractivity contribution in [3.8, 4) is 0 Å². The molecule has 2 heterocycles. The van der Waals surface area contributed by atoms with E-state index in [9.17, 15) is 14.9 Å². The summed E-state index contributed by atoms with van der Waals surface area (Å²) >= 11 is 0. The van der Waals surface area contributed by atoms with E-state index in [0.29, 0.717) is 12.1 Å². The molecule has 2 aliphatic rings. The first kappa shape index (κ1) is 17.9. The third kappa shape index (κ3) is 2.61. The SMILES string of the molecule is O=C1C(=NNc2ccccc2[N+](=O)[O-])CC2(c3ccccc3)Nc3ccccc3N12. The molecule has 1 saturated heterocycles. The number of nitro groups is 1. The van der Waals surface area contributed by atoms with Crippen LogP contribution in [-0.2, 0) is 10.5 Å². The summed E-state index contributed by atoms with van der Waals surface area (Å²) in [7, 11) is 0. The van der Waals surface area contributed by atoms with E-state index in [0.717, 1.165) is 16.9 Å². The van der Waals surface area contributed by atoms with Gasteiger partial charge in [-0.25, -0.2) is 0 Å². The molecule has 1 atom stereocenters. The maximum absolute atomic E-state index is 13.3. The Balaban J connectivity index is 1.56. The fourth-order valence-corrected chi connectivity index (χ4v) is 4.07. The van der Waals surface area contributed by atoms with Gasteiger partial charge in [0.15, 0.2) is 0 Å². The zero-order valence-corrected chi connectivity index (χ0v) is 15.8. The summed E-state index contributed by atoms with van der Waals surface area (Å²) in [4.78, 5) is 25.8. The first-order valence-corrected chi connectivity index (χ1v) is 9.43. The Kier molecular flexibility index (Phi) is 3.99. The van der Waals surface area contributed by atoms with E-state index in [1.165, 1.54) is 6.07 Å². The highest BCUT2D eigenvalue weighted by molar-refractivity contribution is 6.48. The number of hydrogen-bond acceptors (Lipinski definition) is 6. The number of carbonyl (C=O) groups excluding carboxylic acids is 1. The second kappa shape index (κ2) is 6.70. The first-order chi connectivity index (χ1) is 14.6. The van der Waals surface area contributed by atoms with Crippen LogP contribution < -0.4 is 15.6 Å². The molecule has 0 aliphatic carbocycles. The second-order valence-electron chi connectivity index (χ2n) is 7.13. The van der Waals surface area contributed by atoms with Crippen LogP contribution in [-0.4, -0.2) is 16.5 Å². The minimum absolute atomic E-state index is 0.103. The highest BCUT2D eigenvalue weighted by atomic mass is 16.6. The van der Waals surface area contributed by atoms with Crippen molar-refractivity contribution in [2.75, 3.05) is 15.6 Å². The molecular weight excluding hydrogens is 382 g/mol. The molecule has 0 aromatic heterocycles. The van der Waals surface area contributed by atoms with Gasteiger partial charge in [0, 0.05) is 12.5 Å². The molecule has 0 bridgehead atoms. The maximum atomic E-state index is 13.3. The number of nitrogens with one attached hydrogen (secondary N) is 2. The standard InChI is InChI=1S/C22H17N5O3/c28-21-18(25-24-17-11-5-7-13-20(17)27(29)30)14-22(15-8-2-1-3-9-15)23-16-10-4-6-12-19(16)26(21)22/h1-13,23-24H,14H2. The second-order valence-corrected chi connectivity index (χ2v) is 7.13. The lowest BCUT2D eigenvalue weighted by Crippen LogP contribution is -2.44. The van der Waals surface area contributed by atoms with Gasteiger partial charge in [-0.3, -0.25) is 25.2 Å². The lowest BCUT2D eigenvalue weighted by atomic mass is 9.97. The largest absolute Gasteiger partial charge is 0.357 e. The summed E-state index contributed by atoms with van der Waals surface area (Å²) in [6.45, 7) is 0. The molecule has 5 rings (SSSR count). The Bertz CT molecular complexity index is 1190. The van der Waals surface area contributed by atoms with Crippen LogP contribution in [0.3, 0.4) is 0 Å². The van der Waals surface area contributed by atoms with Crippen molar-refractivity contribution in [2.24, 2.45) is 5.10 Å². The van der Waals surface area contributed by atoms with Crippen molar-refractivity contribution in [2.45, 2.75) is 12.1 Å². The number of nitro benzene ring substituents is 1. The smallest absolute Gasteiger partial charge is 0.294 e. The van der Waals surface area contributed by atoms with Crippen LogP contribution in [0.4, 0.5) is 22.7 Å². The third-order valence-electron chi connectivity index (χ3n) is 5.40. The summed E-state index contributed by atoms with van der Waals surface area (Å²) in [6, 6.07) is 23.6. The van der Waals surface area contributed by atoms with Gasteiger partial charge in [-0.1, -0.05) is 54.6 Å². The van der Waals surface area contributed by atoms with E-state index in [2.05, 4.69) is 15.8 Å². The van der Waals surface area contributed by atoms with E-state index in [-0.39, 0.29) is 17.3 Å². The monoisotopic (exact) mass is 399 g/mol. The number of benzene rings is 3. The number of para-hydroxylation sites is 4. The maximum Gasteiger partial charge on any atom is 0.294 e. The quantitative estimate of drug-likeness (QED) is 0.509. The van der Waals surface area contributed by atoms with Crippen LogP contribution in [0.25, 0.3) is 0 Å². The van der Waals surface area contributed by atoms with Crippen LogP contribution in [0, 0.1) is 10.1 Å². The number of fused-ring (bicyclic) bond motifs is 3. The molecule has 8 heteroatoms. The predicted molar refractivity (Wildman–Crippen MR) is 114 cm³/mol. The van der Waals surface area contributed by atoms with Gasteiger partial charge in [-0.2, -0.15) is 5.10 Å². The van der Waals surface area contributed by atoms with Crippen molar-refractivity contribution in [3.05, 3.63) is 94.5 Å². The number of hydrogen-bond donors (Lipinski definition) is 2. The van der Waals surface area contributed by atoms with Gasteiger partial charge in [0.2, 0.25) is 0 Å². The predicted octanol–water partition coefficient (Wildman–Crippen LogP) is 4.08. The van der Waals surface area contributed by atoms with Gasteiger partial charge in [-0.15, -0.1) is 0 Å². The summed E-state index contributed by atoms with van der Waals surface area (Å²) in [5.74, 6) is -0.248. The van der Waals surface area contributed by atoms with Crippen molar-refractivity contribution in [3.63, 3.8) is 0 Å². The molecule has 2 N–H and O–H groups in total. The van der Waals surface area contributed by atoms with Gasteiger partial charge in [-0.05, 0) is 23.8 Å². The van der Waals surface area contributed by atoms with E-state index < -0.39 is 10.6 Å². The molecule has 0 saturated carbocycles. The minimum Gasteiger partial charge on any atom is -0.357 e. The highest BCUT2D eigenvalue weighted by Gasteiger charge is 2.55. The number of rotatable bonds is 4. The Morgan fingerprint density at radius 1 is 1.00 bits per heavy atom. The van der Waals surface area contributed by atoms with E-state index >= 15 is 0 Å². The molecule has 3 aromatic carbocycles. The first-order valence-electron chi connectivity index (χ1n) is 9.43. The summed E-state index contributed by atoms with van der Waals surface area (Å²) in [6.07, 6.45) is 0.304. The number of hydrazone groups is 1. The Morgan fingerprint density at radius 3 is 2.50 bits per heavy atom. The van der Waals surface area contributed by atoms with E-state index in [1.807, 2.05) is 54.6 Å². The summed E-state index contributed by atoms with van der Waals surface area (Å²) in [5, 5.41) is 19.0. The van der Waals surface area contributed by atoms with Crippen LogP contribution in [0.5, 0.6) is 0 Å². The van der Waals surface area contributed by atoms with Gasteiger partial charge in [0.1, 0.15) is 17.1 Å². The molecule has 1 unspecified atom stereocenters. The fraction of sp³-hybridized carbons (Fsp3) is 0.0909. The van der Waals surface area contributed by atoms with Crippen LogP contribution >= 0.6 is 0 Å². The molecular formula is C22H17N5O3. The van der Waals surface area contributed by atoms with Gasteiger partial charge < -0.3 is 5.32 Å². The molecule has 30 heavy (non-hydrogen) atoms. The highest BCUT2D eigenvalue weighted by Crippen LogP contribution is 2.50. The molecule has 8 nitrogen and oxygen atoms in total. The Hall–Kier alpha value is -4.20. The molecule has 0 spiro atoms. The van der Waals surface area contributed by atoms with Gasteiger partial charge in [0.25, 0.3) is 11.6 Å². The van der Waals surface area contributed by atoms with Crippen molar-refractivity contribution in [1.82, 2.24) is 0 Å². The minimum atomic E-state index is -0.787. The fourth-order valence-electron chi connectivity index (χ4n) is 4.07. The van der Waals surface area contributed by atoms with Gasteiger partial charge in [0.05, 0.1) is 16.3 Å². The average molecular weight is 399 g/mol. The Labute approximate surface area is 172 Å². The van der Waals surface area contributed by atoms with Crippen LogP contribution in [0.15, 0.2) is 84.0 Å².